The molecule has 5 heteroatoms. The first kappa shape index (κ1) is 15.1. The Labute approximate surface area is 142 Å². The molecule has 2 aliphatic heterocycles. The van der Waals surface area contributed by atoms with E-state index in [9.17, 15) is 4.79 Å². The van der Waals surface area contributed by atoms with Crippen LogP contribution in [0.4, 0.5) is 17.1 Å². The molecule has 126 valence electrons. The van der Waals surface area contributed by atoms with Crippen LogP contribution in [0.2, 0.25) is 0 Å². The van der Waals surface area contributed by atoms with Crippen molar-refractivity contribution in [2.75, 3.05) is 41.3 Å². The van der Waals surface area contributed by atoms with Crippen LogP contribution < -0.4 is 15.1 Å². The van der Waals surface area contributed by atoms with Crippen molar-refractivity contribution < 1.29 is 9.21 Å². The van der Waals surface area contributed by atoms with Crippen molar-refractivity contribution in [3.63, 3.8) is 0 Å². The standard InChI is InChI=1S/C19H23N3O2/c23-19(18-6-5-13-24-18)20-16-14-15(21-9-1-2-10-21)7-8-17(16)22-11-3-4-12-22/h5-8,13-14H,1-4,9-12H2,(H,20,23). The third-order valence-electron chi connectivity index (χ3n) is 4.89. The number of anilines is 3. The molecule has 4 rings (SSSR count). The molecule has 0 aliphatic carbocycles. The molecule has 2 aromatic rings. The van der Waals surface area contributed by atoms with E-state index < -0.39 is 0 Å². The van der Waals surface area contributed by atoms with E-state index in [2.05, 4.69) is 33.3 Å². The van der Waals surface area contributed by atoms with E-state index >= 15 is 0 Å². The molecule has 2 saturated heterocycles. The Bertz CT molecular complexity index is 699. The second-order valence-corrected chi connectivity index (χ2v) is 6.52. The first-order valence-electron chi connectivity index (χ1n) is 8.80. The van der Waals surface area contributed by atoms with Crippen molar-refractivity contribution in [3.05, 3.63) is 42.4 Å². The zero-order valence-electron chi connectivity index (χ0n) is 13.8. The van der Waals surface area contributed by atoms with Gasteiger partial charge >= 0.3 is 0 Å². The van der Waals surface area contributed by atoms with Crippen LogP contribution in [0.15, 0.2) is 41.0 Å². The van der Waals surface area contributed by atoms with Crippen molar-refractivity contribution in [1.82, 2.24) is 0 Å². The molecular weight excluding hydrogens is 302 g/mol. The molecule has 3 heterocycles. The number of hydrogen-bond donors (Lipinski definition) is 1. The minimum atomic E-state index is -0.195. The number of nitrogens with zero attached hydrogens (tertiary/aromatic N) is 2. The van der Waals surface area contributed by atoms with E-state index in [0.717, 1.165) is 37.6 Å². The Morgan fingerprint density at radius 3 is 2.33 bits per heavy atom. The molecule has 1 aromatic heterocycles. The Morgan fingerprint density at radius 2 is 1.67 bits per heavy atom. The second-order valence-electron chi connectivity index (χ2n) is 6.52. The van der Waals surface area contributed by atoms with Crippen LogP contribution in [0.5, 0.6) is 0 Å². The third kappa shape index (κ3) is 2.98. The largest absolute Gasteiger partial charge is 0.459 e. The summed E-state index contributed by atoms with van der Waals surface area (Å²) in [5.74, 6) is 0.146. The lowest BCUT2D eigenvalue weighted by Crippen LogP contribution is -2.22. The smallest absolute Gasteiger partial charge is 0.291 e. The quantitative estimate of drug-likeness (QED) is 0.930. The van der Waals surface area contributed by atoms with E-state index in [0.29, 0.717) is 5.76 Å². The summed E-state index contributed by atoms with van der Waals surface area (Å²) in [7, 11) is 0. The molecule has 0 saturated carbocycles. The van der Waals surface area contributed by atoms with Gasteiger partial charge in [0, 0.05) is 31.9 Å². The van der Waals surface area contributed by atoms with Gasteiger partial charge in [-0.3, -0.25) is 4.79 Å². The Kier molecular flexibility index (Phi) is 4.15. The van der Waals surface area contributed by atoms with E-state index in [1.165, 1.54) is 37.6 Å². The maximum Gasteiger partial charge on any atom is 0.291 e. The third-order valence-corrected chi connectivity index (χ3v) is 4.89. The fourth-order valence-corrected chi connectivity index (χ4v) is 3.62. The van der Waals surface area contributed by atoms with Crippen molar-refractivity contribution in [2.24, 2.45) is 0 Å². The molecular formula is C19H23N3O2. The fraction of sp³-hybridized carbons (Fsp3) is 0.421. The summed E-state index contributed by atoms with van der Waals surface area (Å²) >= 11 is 0. The predicted molar refractivity (Wildman–Crippen MR) is 96.0 cm³/mol. The van der Waals surface area contributed by atoms with Crippen LogP contribution >= 0.6 is 0 Å². The number of carbonyl (C=O) groups excluding carboxylic acids is 1. The summed E-state index contributed by atoms with van der Waals surface area (Å²) in [5.41, 5.74) is 3.17. The number of rotatable bonds is 4. The van der Waals surface area contributed by atoms with E-state index in [4.69, 9.17) is 4.42 Å². The highest BCUT2D eigenvalue weighted by Gasteiger charge is 2.20. The highest BCUT2D eigenvalue weighted by atomic mass is 16.3. The normalized spacial score (nSPS) is 17.5. The number of hydrogen-bond acceptors (Lipinski definition) is 4. The predicted octanol–water partition coefficient (Wildman–Crippen LogP) is 3.73. The molecule has 24 heavy (non-hydrogen) atoms. The first-order chi connectivity index (χ1) is 11.8. The van der Waals surface area contributed by atoms with E-state index in [-0.39, 0.29) is 5.91 Å². The van der Waals surface area contributed by atoms with Crippen LogP contribution in [-0.2, 0) is 0 Å². The molecule has 2 aliphatic rings. The molecule has 1 amide bonds. The molecule has 0 radical (unpaired) electrons. The molecule has 1 aromatic carbocycles. The van der Waals surface area contributed by atoms with Gasteiger partial charge < -0.3 is 19.5 Å². The highest BCUT2D eigenvalue weighted by Crippen LogP contribution is 2.34. The molecule has 5 nitrogen and oxygen atoms in total. The van der Waals surface area contributed by atoms with Crippen LogP contribution in [0.3, 0.4) is 0 Å². The minimum Gasteiger partial charge on any atom is -0.459 e. The number of furan rings is 1. The van der Waals surface area contributed by atoms with Gasteiger partial charge in [0.1, 0.15) is 0 Å². The molecule has 1 N–H and O–H groups in total. The van der Waals surface area contributed by atoms with E-state index in [1.54, 1.807) is 12.1 Å². The average Bonchev–Trinajstić information content (AvgIpc) is 3.37. The zero-order chi connectivity index (χ0) is 16.4. The highest BCUT2D eigenvalue weighted by molar-refractivity contribution is 6.04. The number of nitrogens with one attached hydrogen (secondary N) is 1. The lowest BCUT2D eigenvalue weighted by molar-refractivity contribution is 0.0996. The van der Waals surface area contributed by atoms with Gasteiger partial charge in [0.15, 0.2) is 5.76 Å². The minimum absolute atomic E-state index is 0.195. The summed E-state index contributed by atoms with van der Waals surface area (Å²) in [5, 5.41) is 3.05. The number of benzene rings is 1. The fourth-order valence-electron chi connectivity index (χ4n) is 3.62. The van der Waals surface area contributed by atoms with Crippen molar-refractivity contribution in [2.45, 2.75) is 25.7 Å². The van der Waals surface area contributed by atoms with Gasteiger partial charge in [0.2, 0.25) is 0 Å². The van der Waals surface area contributed by atoms with Gasteiger partial charge in [-0.2, -0.15) is 0 Å². The maximum atomic E-state index is 12.4. The van der Waals surface area contributed by atoms with Crippen molar-refractivity contribution >= 4 is 23.0 Å². The molecule has 0 unspecified atom stereocenters. The summed E-state index contributed by atoms with van der Waals surface area (Å²) in [4.78, 5) is 17.2. The maximum absolute atomic E-state index is 12.4. The lowest BCUT2D eigenvalue weighted by Gasteiger charge is -2.25. The van der Waals surface area contributed by atoms with Gasteiger partial charge in [0.05, 0.1) is 17.6 Å². The van der Waals surface area contributed by atoms with Gasteiger partial charge in [-0.1, -0.05) is 0 Å². The lowest BCUT2D eigenvalue weighted by atomic mass is 10.2. The summed E-state index contributed by atoms with van der Waals surface area (Å²) in [6.45, 7) is 4.28. The number of amides is 1. The van der Waals surface area contributed by atoms with Gasteiger partial charge in [-0.05, 0) is 56.0 Å². The van der Waals surface area contributed by atoms with Crippen molar-refractivity contribution in [1.29, 1.82) is 0 Å². The van der Waals surface area contributed by atoms with Gasteiger partial charge in [0.25, 0.3) is 5.91 Å². The van der Waals surface area contributed by atoms with Gasteiger partial charge in [-0.25, -0.2) is 0 Å². The Hall–Kier alpha value is -2.43. The molecule has 2 fully saturated rings. The Morgan fingerprint density at radius 1 is 0.958 bits per heavy atom. The first-order valence-corrected chi connectivity index (χ1v) is 8.80. The monoisotopic (exact) mass is 325 g/mol. The molecule has 0 spiro atoms. The van der Waals surface area contributed by atoms with Crippen LogP contribution in [-0.4, -0.2) is 32.1 Å². The Balaban J connectivity index is 1.64. The summed E-state index contributed by atoms with van der Waals surface area (Å²) in [6.07, 6.45) is 6.42. The number of carbonyl (C=O) groups is 1. The van der Waals surface area contributed by atoms with Crippen LogP contribution in [0, 0.1) is 0 Å². The summed E-state index contributed by atoms with van der Waals surface area (Å²) in [6, 6.07) is 9.87. The average molecular weight is 325 g/mol. The second kappa shape index (κ2) is 6.59. The van der Waals surface area contributed by atoms with Gasteiger partial charge in [-0.15, -0.1) is 0 Å². The van der Waals surface area contributed by atoms with Crippen molar-refractivity contribution in [3.8, 4) is 0 Å². The van der Waals surface area contributed by atoms with Crippen LogP contribution in [0.25, 0.3) is 0 Å². The molecule has 0 bridgehead atoms. The van der Waals surface area contributed by atoms with Crippen LogP contribution in [0.1, 0.15) is 36.2 Å². The topological polar surface area (TPSA) is 48.7 Å². The zero-order valence-corrected chi connectivity index (χ0v) is 13.8. The van der Waals surface area contributed by atoms with E-state index in [1.807, 2.05) is 0 Å². The summed E-state index contributed by atoms with van der Waals surface area (Å²) < 4.78 is 5.23. The molecule has 0 atom stereocenters. The SMILES string of the molecule is O=C(Nc1cc(N2CCCC2)ccc1N1CCCC1)c1ccco1.